The standard InChI is InChI=1S/C9H10O3S/c10-7-3-1-6(8(13)5-7)2-4-9(11)12/h1,3,5,10,13H,2,4H2,(H,11,12). The maximum atomic E-state index is 10.3. The summed E-state index contributed by atoms with van der Waals surface area (Å²) in [6.45, 7) is 0. The van der Waals surface area contributed by atoms with Gasteiger partial charge >= 0.3 is 5.97 Å². The molecular weight excluding hydrogens is 188 g/mol. The third kappa shape index (κ3) is 2.99. The van der Waals surface area contributed by atoms with Gasteiger partial charge in [0.15, 0.2) is 0 Å². The molecule has 0 aliphatic carbocycles. The van der Waals surface area contributed by atoms with E-state index in [9.17, 15) is 4.79 Å². The lowest BCUT2D eigenvalue weighted by atomic mass is 10.1. The molecule has 0 radical (unpaired) electrons. The Morgan fingerprint density at radius 2 is 2.15 bits per heavy atom. The van der Waals surface area contributed by atoms with Crippen molar-refractivity contribution in [2.75, 3.05) is 0 Å². The molecule has 0 saturated carbocycles. The molecule has 0 heterocycles. The van der Waals surface area contributed by atoms with Gasteiger partial charge in [0.1, 0.15) is 5.75 Å². The third-order valence-corrected chi connectivity index (χ3v) is 2.09. The van der Waals surface area contributed by atoms with Crippen LogP contribution in [0.5, 0.6) is 5.75 Å². The number of phenolic OH excluding ortho intramolecular Hbond substituents is 1. The van der Waals surface area contributed by atoms with Crippen molar-refractivity contribution >= 4 is 18.6 Å². The number of benzene rings is 1. The summed E-state index contributed by atoms with van der Waals surface area (Å²) in [5.41, 5.74) is 0.837. The second-order valence-electron chi connectivity index (χ2n) is 2.71. The Labute approximate surface area is 81.4 Å². The minimum absolute atomic E-state index is 0.0817. The zero-order chi connectivity index (χ0) is 9.84. The first kappa shape index (κ1) is 9.92. The highest BCUT2D eigenvalue weighted by atomic mass is 32.1. The maximum absolute atomic E-state index is 10.3. The van der Waals surface area contributed by atoms with E-state index in [4.69, 9.17) is 10.2 Å². The first-order chi connectivity index (χ1) is 6.09. The maximum Gasteiger partial charge on any atom is 0.303 e. The van der Waals surface area contributed by atoms with Gasteiger partial charge in [-0.05, 0) is 24.1 Å². The molecule has 2 N–H and O–H groups in total. The van der Waals surface area contributed by atoms with Crippen LogP contribution in [0, 0.1) is 0 Å². The molecule has 0 aliphatic rings. The number of hydrogen-bond acceptors (Lipinski definition) is 3. The molecule has 0 unspecified atom stereocenters. The van der Waals surface area contributed by atoms with Crippen molar-refractivity contribution in [2.45, 2.75) is 17.7 Å². The van der Waals surface area contributed by atoms with Crippen LogP contribution < -0.4 is 0 Å². The Morgan fingerprint density at radius 3 is 2.69 bits per heavy atom. The number of aliphatic carboxylic acids is 1. The van der Waals surface area contributed by atoms with E-state index in [2.05, 4.69) is 12.6 Å². The Balaban J connectivity index is 2.72. The summed E-state index contributed by atoms with van der Waals surface area (Å²) in [5.74, 6) is -0.690. The van der Waals surface area contributed by atoms with Gasteiger partial charge in [0.25, 0.3) is 0 Å². The van der Waals surface area contributed by atoms with E-state index in [1.54, 1.807) is 6.07 Å². The van der Waals surface area contributed by atoms with E-state index in [-0.39, 0.29) is 12.2 Å². The van der Waals surface area contributed by atoms with Crippen LogP contribution >= 0.6 is 12.6 Å². The molecule has 1 rings (SSSR count). The van der Waals surface area contributed by atoms with Gasteiger partial charge in [-0.15, -0.1) is 12.6 Å². The summed E-state index contributed by atoms with van der Waals surface area (Å²) in [6.07, 6.45) is 0.521. The van der Waals surface area contributed by atoms with Crippen LogP contribution in [0.15, 0.2) is 23.1 Å². The fourth-order valence-corrected chi connectivity index (χ4v) is 1.32. The fraction of sp³-hybridized carbons (Fsp3) is 0.222. The lowest BCUT2D eigenvalue weighted by Gasteiger charge is -2.02. The molecule has 0 spiro atoms. The molecule has 3 nitrogen and oxygen atoms in total. The average molecular weight is 198 g/mol. The van der Waals surface area contributed by atoms with E-state index in [1.807, 2.05) is 0 Å². The Morgan fingerprint density at radius 1 is 1.46 bits per heavy atom. The summed E-state index contributed by atoms with van der Waals surface area (Å²) < 4.78 is 0. The second-order valence-corrected chi connectivity index (χ2v) is 3.19. The Hall–Kier alpha value is -1.16. The topological polar surface area (TPSA) is 57.5 Å². The molecule has 0 fully saturated rings. The minimum Gasteiger partial charge on any atom is -0.508 e. The zero-order valence-electron chi connectivity index (χ0n) is 6.90. The number of thiol groups is 1. The second kappa shape index (κ2) is 4.18. The minimum atomic E-state index is -0.833. The number of carbonyl (C=O) groups is 1. The van der Waals surface area contributed by atoms with E-state index in [0.717, 1.165) is 5.56 Å². The lowest BCUT2D eigenvalue weighted by molar-refractivity contribution is -0.136. The molecule has 0 amide bonds. The van der Waals surface area contributed by atoms with Crippen molar-refractivity contribution in [1.82, 2.24) is 0 Å². The van der Waals surface area contributed by atoms with Crippen LogP contribution in [0.25, 0.3) is 0 Å². The highest BCUT2D eigenvalue weighted by Crippen LogP contribution is 2.20. The van der Waals surface area contributed by atoms with Gasteiger partial charge < -0.3 is 10.2 Å². The highest BCUT2D eigenvalue weighted by Gasteiger charge is 2.03. The summed E-state index contributed by atoms with van der Waals surface area (Å²) in [6, 6.07) is 4.71. The number of carboxylic acids is 1. The predicted molar refractivity (Wildman–Crippen MR) is 51.3 cm³/mol. The van der Waals surface area contributed by atoms with Gasteiger partial charge in [0.2, 0.25) is 0 Å². The fourth-order valence-electron chi connectivity index (χ4n) is 1.01. The normalized spacial score (nSPS) is 9.92. The first-order valence-corrected chi connectivity index (χ1v) is 4.27. The number of rotatable bonds is 3. The third-order valence-electron chi connectivity index (χ3n) is 1.68. The van der Waals surface area contributed by atoms with E-state index < -0.39 is 5.97 Å². The van der Waals surface area contributed by atoms with E-state index >= 15 is 0 Å². The van der Waals surface area contributed by atoms with Crippen LogP contribution in [0.1, 0.15) is 12.0 Å². The first-order valence-electron chi connectivity index (χ1n) is 3.82. The monoisotopic (exact) mass is 198 g/mol. The van der Waals surface area contributed by atoms with Gasteiger partial charge in [-0.25, -0.2) is 0 Å². The van der Waals surface area contributed by atoms with Crippen molar-refractivity contribution in [3.8, 4) is 5.75 Å². The number of phenols is 1. The van der Waals surface area contributed by atoms with Gasteiger partial charge in [-0.3, -0.25) is 4.79 Å². The zero-order valence-corrected chi connectivity index (χ0v) is 7.79. The summed E-state index contributed by atoms with van der Waals surface area (Å²) in [4.78, 5) is 10.9. The van der Waals surface area contributed by atoms with Crippen molar-refractivity contribution in [3.63, 3.8) is 0 Å². The molecule has 1 aromatic carbocycles. The summed E-state index contributed by atoms with van der Waals surface area (Å²) in [7, 11) is 0. The molecule has 4 heteroatoms. The Kier molecular flexibility index (Phi) is 3.19. The van der Waals surface area contributed by atoms with Gasteiger partial charge in [-0.1, -0.05) is 6.07 Å². The Bertz CT molecular complexity index is 323. The predicted octanol–water partition coefficient (Wildman–Crippen LogP) is 1.70. The van der Waals surface area contributed by atoms with Crippen molar-refractivity contribution in [1.29, 1.82) is 0 Å². The lowest BCUT2D eigenvalue weighted by Crippen LogP contribution is -1.97. The van der Waals surface area contributed by atoms with E-state index in [1.165, 1.54) is 12.1 Å². The van der Waals surface area contributed by atoms with E-state index in [0.29, 0.717) is 11.3 Å². The molecule has 13 heavy (non-hydrogen) atoms. The molecule has 0 aliphatic heterocycles. The highest BCUT2D eigenvalue weighted by molar-refractivity contribution is 7.80. The molecule has 0 saturated heterocycles. The SMILES string of the molecule is O=C(O)CCc1ccc(O)cc1S. The average Bonchev–Trinajstić information content (AvgIpc) is 2.02. The molecule has 0 atom stereocenters. The van der Waals surface area contributed by atoms with Crippen LogP contribution in [0.2, 0.25) is 0 Å². The van der Waals surface area contributed by atoms with Crippen molar-refractivity contribution in [3.05, 3.63) is 23.8 Å². The largest absolute Gasteiger partial charge is 0.508 e. The van der Waals surface area contributed by atoms with Crippen LogP contribution in [-0.4, -0.2) is 16.2 Å². The molecular formula is C9H10O3S. The van der Waals surface area contributed by atoms with Gasteiger partial charge in [0.05, 0.1) is 0 Å². The summed E-state index contributed by atoms with van der Waals surface area (Å²) >= 11 is 4.12. The van der Waals surface area contributed by atoms with Crippen molar-refractivity contribution in [2.24, 2.45) is 0 Å². The molecule has 0 aromatic heterocycles. The van der Waals surface area contributed by atoms with Crippen molar-refractivity contribution < 1.29 is 15.0 Å². The van der Waals surface area contributed by atoms with Crippen LogP contribution in [0.4, 0.5) is 0 Å². The number of aryl methyl sites for hydroxylation is 1. The molecule has 70 valence electrons. The number of aromatic hydroxyl groups is 1. The quantitative estimate of drug-likeness (QED) is 0.648. The number of carboxylic acid groups (broad SMARTS) is 1. The summed E-state index contributed by atoms with van der Waals surface area (Å²) in [5, 5.41) is 17.5. The van der Waals surface area contributed by atoms with Crippen LogP contribution in [-0.2, 0) is 11.2 Å². The van der Waals surface area contributed by atoms with Gasteiger partial charge in [-0.2, -0.15) is 0 Å². The van der Waals surface area contributed by atoms with Gasteiger partial charge in [0, 0.05) is 11.3 Å². The number of hydrogen-bond donors (Lipinski definition) is 3. The molecule has 0 bridgehead atoms. The molecule has 1 aromatic rings. The van der Waals surface area contributed by atoms with Crippen LogP contribution in [0.3, 0.4) is 0 Å². The smallest absolute Gasteiger partial charge is 0.303 e.